The predicted molar refractivity (Wildman–Crippen MR) is 231 cm³/mol. The molecule has 0 spiro atoms. The maximum atomic E-state index is 12.6. The molecule has 59 heavy (non-hydrogen) atoms. The second-order valence-corrected chi connectivity index (χ2v) is 17.6. The van der Waals surface area contributed by atoms with Crippen LogP contribution in [0.1, 0.15) is 149 Å². The Morgan fingerprint density at radius 3 is 1.78 bits per heavy atom. The number of ether oxygens (including phenoxy) is 2. The van der Waals surface area contributed by atoms with Gasteiger partial charge in [-0.05, 0) is 50.9 Å². The fourth-order valence-corrected chi connectivity index (χ4v) is 6.57. The third-order valence-electron chi connectivity index (χ3n) is 8.66. The first-order valence-electron chi connectivity index (χ1n) is 21.4. The standard InChI is InChI=1S/C43H76O14P2/c1-4-5-30-39(44)31-26-22-18-14-10-6-7-11-16-20-24-28-33-43(47)57-41(37-56-59(51,52)55-35-40(45)34-54-58(48,49)50)36-53-42(46)32-27-23-19-15-12-8-9-13-17-21-25-29-38(2)3/h5-7,14,16,18,20,22,26,30,38-41,44-45H,4,8-13,15,17,19,21,23-25,27-29,31-37H2,1-3H3,(H,51,52)(H2,48,49,50)/b7-6-,18-14-,20-16-,26-22+,30-5-/t39?,40-,41+/m0/s1. The summed E-state index contributed by atoms with van der Waals surface area (Å²) in [6, 6.07) is 0. The van der Waals surface area contributed by atoms with Crippen molar-refractivity contribution in [2.75, 3.05) is 26.4 Å². The van der Waals surface area contributed by atoms with Gasteiger partial charge in [0.25, 0.3) is 0 Å². The normalized spacial score (nSPS) is 15.3. The number of aliphatic hydroxyl groups is 2. The third kappa shape index (κ3) is 42.3. The van der Waals surface area contributed by atoms with E-state index in [1.165, 1.54) is 51.4 Å². The highest BCUT2D eigenvalue weighted by molar-refractivity contribution is 7.47. The first-order valence-corrected chi connectivity index (χ1v) is 24.5. The van der Waals surface area contributed by atoms with Crippen molar-refractivity contribution in [2.45, 2.75) is 167 Å². The van der Waals surface area contributed by atoms with Crippen molar-refractivity contribution in [1.82, 2.24) is 0 Å². The number of carbonyl (C=O) groups excluding carboxylic acids is 2. The summed E-state index contributed by atoms with van der Waals surface area (Å²) in [7, 11) is -9.71. The molecule has 0 aliphatic carbocycles. The van der Waals surface area contributed by atoms with Crippen LogP contribution >= 0.6 is 15.6 Å². The van der Waals surface area contributed by atoms with E-state index in [0.717, 1.165) is 44.4 Å². The van der Waals surface area contributed by atoms with Crippen LogP contribution in [0.15, 0.2) is 60.8 Å². The van der Waals surface area contributed by atoms with Gasteiger partial charge < -0.3 is 34.4 Å². The summed E-state index contributed by atoms with van der Waals surface area (Å²) < 4.78 is 47.7. The lowest BCUT2D eigenvalue weighted by atomic mass is 10.0. The minimum Gasteiger partial charge on any atom is -0.462 e. The first kappa shape index (κ1) is 56.8. The van der Waals surface area contributed by atoms with E-state index in [1.54, 1.807) is 6.08 Å². The number of allylic oxidation sites excluding steroid dienone is 8. The fourth-order valence-electron chi connectivity index (χ4n) is 5.41. The largest absolute Gasteiger partial charge is 0.472 e. The molecule has 0 fully saturated rings. The molecule has 16 heteroatoms. The predicted octanol–water partition coefficient (Wildman–Crippen LogP) is 9.66. The Hall–Kier alpha value is -2.22. The van der Waals surface area contributed by atoms with Gasteiger partial charge in [0.2, 0.25) is 0 Å². The SMILES string of the molecule is CC/C=C\C(O)C/C=C/C=C\C/C=C\C/C=C\CCCC(=O)O[C@H](COC(=O)CCCCCCCCCCCCCC(C)C)COP(=O)(O)OC[C@@H](O)COP(=O)(O)O. The summed E-state index contributed by atoms with van der Waals surface area (Å²) >= 11 is 0. The summed E-state index contributed by atoms with van der Waals surface area (Å²) in [6.45, 7) is 3.74. The van der Waals surface area contributed by atoms with Crippen molar-refractivity contribution in [3.05, 3.63) is 60.8 Å². The van der Waals surface area contributed by atoms with Crippen LogP contribution in [0.2, 0.25) is 0 Å². The molecule has 4 atom stereocenters. The number of phosphoric acid groups is 2. The van der Waals surface area contributed by atoms with Gasteiger partial charge >= 0.3 is 27.6 Å². The Morgan fingerprint density at radius 2 is 1.15 bits per heavy atom. The van der Waals surface area contributed by atoms with E-state index in [9.17, 15) is 33.8 Å². The molecule has 0 aliphatic heterocycles. The molecule has 5 N–H and O–H groups in total. The van der Waals surface area contributed by atoms with Gasteiger partial charge in [-0.1, -0.05) is 152 Å². The van der Waals surface area contributed by atoms with E-state index >= 15 is 0 Å². The van der Waals surface area contributed by atoms with Crippen molar-refractivity contribution < 1.29 is 66.7 Å². The molecule has 0 aromatic carbocycles. The van der Waals surface area contributed by atoms with Crippen LogP contribution in [0.5, 0.6) is 0 Å². The van der Waals surface area contributed by atoms with Gasteiger partial charge in [0, 0.05) is 12.8 Å². The van der Waals surface area contributed by atoms with E-state index in [-0.39, 0.29) is 12.8 Å². The zero-order valence-corrected chi connectivity index (χ0v) is 37.6. The highest BCUT2D eigenvalue weighted by atomic mass is 31.2. The molecular weight excluding hydrogens is 802 g/mol. The van der Waals surface area contributed by atoms with Crippen LogP contribution in [-0.4, -0.2) is 81.6 Å². The van der Waals surface area contributed by atoms with Crippen molar-refractivity contribution in [1.29, 1.82) is 0 Å². The van der Waals surface area contributed by atoms with Crippen LogP contribution in [0.3, 0.4) is 0 Å². The average Bonchev–Trinajstić information content (AvgIpc) is 3.18. The Balaban J connectivity index is 4.66. The Labute approximate surface area is 354 Å². The minimum atomic E-state index is -4.87. The van der Waals surface area contributed by atoms with Gasteiger partial charge in [-0.25, -0.2) is 9.13 Å². The highest BCUT2D eigenvalue weighted by Crippen LogP contribution is 2.43. The molecule has 0 aliphatic rings. The van der Waals surface area contributed by atoms with E-state index in [2.05, 4.69) is 22.9 Å². The number of hydrogen-bond acceptors (Lipinski definition) is 11. The van der Waals surface area contributed by atoms with Gasteiger partial charge in [0.05, 0.1) is 25.9 Å². The maximum absolute atomic E-state index is 12.6. The average molecular weight is 879 g/mol. The fraction of sp³-hybridized carbons (Fsp3) is 0.721. The molecule has 342 valence electrons. The van der Waals surface area contributed by atoms with E-state index in [4.69, 9.17) is 23.8 Å². The van der Waals surface area contributed by atoms with Crippen LogP contribution in [0.4, 0.5) is 0 Å². The molecule has 0 aromatic heterocycles. The molecule has 0 saturated carbocycles. The van der Waals surface area contributed by atoms with Gasteiger partial charge in [-0.3, -0.25) is 23.2 Å². The molecule has 0 rings (SSSR count). The molecule has 2 unspecified atom stereocenters. The number of carbonyl (C=O) groups is 2. The number of unbranched alkanes of at least 4 members (excludes halogenated alkanes) is 11. The van der Waals surface area contributed by atoms with E-state index in [0.29, 0.717) is 25.7 Å². The quantitative estimate of drug-likeness (QED) is 0.0128. The van der Waals surface area contributed by atoms with Gasteiger partial charge in [-0.15, -0.1) is 0 Å². The van der Waals surface area contributed by atoms with Crippen LogP contribution in [0.25, 0.3) is 0 Å². The molecule has 0 bridgehead atoms. The Kier molecular flexibility index (Phi) is 36.1. The number of esters is 2. The smallest absolute Gasteiger partial charge is 0.462 e. The monoisotopic (exact) mass is 878 g/mol. The van der Waals surface area contributed by atoms with Gasteiger partial charge in [0.15, 0.2) is 6.10 Å². The van der Waals surface area contributed by atoms with Gasteiger partial charge in [-0.2, -0.15) is 0 Å². The lowest BCUT2D eigenvalue weighted by Crippen LogP contribution is -2.29. The van der Waals surface area contributed by atoms with Crippen molar-refractivity contribution in [2.24, 2.45) is 5.92 Å². The van der Waals surface area contributed by atoms with Gasteiger partial charge in [0.1, 0.15) is 12.7 Å². The van der Waals surface area contributed by atoms with Crippen molar-refractivity contribution in [3.8, 4) is 0 Å². The lowest BCUT2D eigenvalue weighted by molar-refractivity contribution is -0.161. The summed E-state index contributed by atoms with van der Waals surface area (Å²) in [5, 5.41) is 19.5. The van der Waals surface area contributed by atoms with Crippen molar-refractivity contribution >= 4 is 27.6 Å². The zero-order valence-electron chi connectivity index (χ0n) is 35.9. The van der Waals surface area contributed by atoms with E-state index in [1.807, 2.05) is 61.6 Å². The summed E-state index contributed by atoms with van der Waals surface area (Å²) in [5.41, 5.74) is 0. The Morgan fingerprint density at radius 1 is 0.610 bits per heavy atom. The maximum Gasteiger partial charge on any atom is 0.472 e. The van der Waals surface area contributed by atoms with Crippen LogP contribution in [0, 0.1) is 5.92 Å². The second kappa shape index (κ2) is 37.5. The number of phosphoric ester groups is 2. The first-order chi connectivity index (χ1) is 28.1. The van der Waals surface area contributed by atoms with Crippen LogP contribution in [-0.2, 0) is 41.8 Å². The number of hydrogen-bond donors (Lipinski definition) is 5. The van der Waals surface area contributed by atoms with Crippen molar-refractivity contribution in [3.63, 3.8) is 0 Å². The number of aliphatic hydroxyl groups excluding tert-OH is 2. The molecular formula is C43H76O14P2. The molecule has 0 heterocycles. The Bertz CT molecular complexity index is 1310. The lowest BCUT2D eigenvalue weighted by Gasteiger charge is -2.20. The molecule has 0 radical (unpaired) electrons. The number of rotatable bonds is 39. The second-order valence-electron chi connectivity index (χ2n) is 14.9. The molecule has 0 saturated heterocycles. The minimum absolute atomic E-state index is 0.0339. The molecule has 14 nitrogen and oxygen atoms in total. The summed E-state index contributed by atoms with van der Waals surface area (Å²) in [5.74, 6) is -0.347. The molecule has 0 amide bonds. The van der Waals surface area contributed by atoms with E-state index < -0.39 is 72.3 Å². The molecule has 0 aromatic rings. The third-order valence-corrected chi connectivity index (χ3v) is 10.1. The van der Waals surface area contributed by atoms with Crippen LogP contribution < -0.4 is 0 Å². The zero-order chi connectivity index (χ0) is 44.0. The topological polar surface area (TPSA) is 216 Å². The summed E-state index contributed by atoms with van der Waals surface area (Å²) in [6.07, 6.45) is 34.3. The highest BCUT2D eigenvalue weighted by Gasteiger charge is 2.28. The summed E-state index contributed by atoms with van der Waals surface area (Å²) in [4.78, 5) is 52.6.